The van der Waals surface area contributed by atoms with E-state index in [2.05, 4.69) is 18.9 Å². The predicted octanol–water partition coefficient (Wildman–Crippen LogP) is 2.89. The third-order valence-electron chi connectivity index (χ3n) is 4.01. The zero-order valence-corrected chi connectivity index (χ0v) is 12.7. The quantitative estimate of drug-likeness (QED) is 0.748. The summed E-state index contributed by atoms with van der Waals surface area (Å²) < 4.78 is 5.73. The summed E-state index contributed by atoms with van der Waals surface area (Å²) in [6.45, 7) is 3.86. The van der Waals surface area contributed by atoms with Crippen LogP contribution >= 0.6 is 0 Å². The van der Waals surface area contributed by atoms with Crippen LogP contribution in [0.5, 0.6) is 5.75 Å². The fourth-order valence-electron chi connectivity index (χ4n) is 2.29. The van der Waals surface area contributed by atoms with Gasteiger partial charge in [0.2, 0.25) is 0 Å². The highest BCUT2D eigenvalue weighted by Gasteiger charge is 2.30. The van der Waals surface area contributed by atoms with E-state index in [-0.39, 0.29) is 0 Å². The summed E-state index contributed by atoms with van der Waals surface area (Å²) in [5.74, 6) is 0.744. The Morgan fingerprint density at radius 3 is 2.67 bits per heavy atom. The van der Waals surface area contributed by atoms with Crippen LogP contribution in [0.2, 0.25) is 0 Å². The molecule has 0 bridgehead atoms. The van der Waals surface area contributed by atoms with Gasteiger partial charge in [-0.3, -0.25) is 0 Å². The maximum Gasteiger partial charge on any atom is 0.328 e. The van der Waals surface area contributed by atoms with Crippen molar-refractivity contribution < 1.29 is 14.6 Å². The smallest absolute Gasteiger partial charge is 0.328 e. The minimum absolute atomic E-state index is 0.636. The highest BCUT2D eigenvalue weighted by Crippen LogP contribution is 2.34. The SMILES string of the molecule is CC(C1CC1)N(C)CCOc1ccc(C=CC(=O)O)cc1. The maximum absolute atomic E-state index is 10.4. The molecule has 4 heteroatoms. The highest BCUT2D eigenvalue weighted by atomic mass is 16.5. The molecular formula is C17H23NO3. The number of hydrogen-bond acceptors (Lipinski definition) is 3. The van der Waals surface area contributed by atoms with Crippen LogP contribution in [-0.4, -0.2) is 42.2 Å². The van der Waals surface area contributed by atoms with E-state index in [1.54, 1.807) is 6.08 Å². The molecule has 2 rings (SSSR count). The summed E-state index contributed by atoms with van der Waals surface area (Å²) >= 11 is 0. The number of rotatable bonds is 8. The molecule has 1 unspecified atom stereocenters. The molecular weight excluding hydrogens is 266 g/mol. The minimum Gasteiger partial charge on any atom is -0.492 e. The molecule has 1 aliphatic rings. The summed E-state index contributed by atoms with van der Waals surface area (Å²) in [4.78, 5) is 12.8. The molecule has 0 aromatic heterocycles. The molecule has 4 nitrogen and oxygen atoms in total. The Balaban J connectivity index is 1.74. The number of nitrogens with zero attached hydrogens (tertiary/aromatic N) is 1. The molecule has 1 aromatic rings. The van der Waals surface area contributed by atoms with Crippen molar-refractivity contribution >= 4 is 12.0 Å². The Bertz CT molecular complexity index is 491. The summed E-state index contributed by atoms with van der Waals surface area (Å²) in [5.41, 5.74) is 0.851. The zero-order valence-electron chi connectivity index (χ0n) is 12.7. The largest absolute Gasteiger partial charge is 0.492 e. The third kappa shape index (κ3) is 5.23. The Hall–Kier alpha value is -1.81. The summed E-state index contributed by atoms with van der Waals surface area (Å²) in [6, 6.07) is 8.08. The van der Waals surface area contributed by atoms with Gasteiger partial charge in [0.25, 0.3) is 0 Å². The second kappa shape index (κ2) is 7.27. The zero-order chi connectivity index (χ0) is 15.2. The number of benzene rings is 1. The van der Waals surface area contributed by atoms with Gasteiger partial charge in [-0.05, 0) is 56.5 Å². The summed E-state index contributed by atoms with van der Waals surface area (Å²) in [5, 5.41) is 8.57. The van der Waals surface area contributed by atoms with E-state index in [0.29, 0.717) is 12.6 Å². The monoisotopic (exact) mass is 289 g/mol. The van der Waals surface area contributed by atoms with Gasteiger partial charge in [-0.25, -0.2) is 4.79 Å². The number of aliphatic carboxylic acids is 1. The van der Waals surface area contributed by atoms with Crippen molar-refractivity contribution in [2.24, 2.45) is 5.92 Å². The number of carbonyl (C=O) groups is 1. The lowest BCUT2D eigenvalue weighted by Crippen LogP contribution is -2.34. The Kier molecular flexibility index (Phi) is 5.39. The molecule has 0 amide bonds. The molecule has 1 aliphatic carbocycles. The van der Waals surface area contributed by atoms with Gasteiger partial charge < -0.3 is 14.7 Å². The Labute approximate surface area is 126 Å². The molecule has 114 valence electrons. The van der Waals surface area contributed by atoms with E-state index in [1.165, 1.54) is 12.8 Å². The standard InChI is InChI=1S/C17H23NO3/c1-13(15-6-7-15)18(2)11-12-21-16-8-3-14(4-9-16)5-10-17(19)20/h3-5,8-10,13,15H,6-7,11-12H2,1-2H3,(H,19,20). The lowest BCUT2D eigenvalue weighted by atomic mass is 10.2. The average Bonchev–Trinajstić information content (AvgIpc) is 3.30. The van der Waals surface area contributed by atoms with Crippen LogP contribution in [0, 0.1) is 5.92 Å². The molecule has 1 aromatic carbocycles. The minimum atomic E-state index is -0.942. The van der Waals surface area contributed by atoms with E-state index in [1.807, 2.05) is 24.3 Å². The molecule has 0 heterocycles. The van der Waals surface area contributed by atoms with Crippen molar-refractivity contribution in [1.82, 2.24) is 4.90 Å². The molecule has 21 heavy (non-hydrogen) atoms. The Morgan fingerprint density at radius 2 is 2.10 bits per heavy atom. The lowest BCUT2D eigenvalue weighted by molar-refractivity contribution is -0.131. The third-order valence-corrected chi connectivity index (χ3v) is 4.01. The van der Waals surface area contributed by atoms with E-state index in [9.17, 15) is 4.79 Å². The van der Waals surface area contributed by atoms with Crippen LogP contribution in [0.25, 0.3) is 6.08 Å². The first-order valence-corrected chi connectivity index (χ1v) is 7.40. The molecule has 1 fully saturated rings. The van der Waals surface area contributed by atoms with Crippen LogP contribution in [0.4, 0.5) is 0 Å². The number of carboxylic acids is 1. The predicted molar refractivity (Wildman–Crippen MR) is 83.4 cm³/mol. The van der Waals surface area contributed by atoms with Gasteiger partial charge in [0.05, 0.1) is 0 Å². The van der Waals surface area contributed by atoms with E-state index < -0.39 is 5.97 Å². The normalized spacial score (nSPS) is 16.3. The van der Waals surface area contributed by atoms with Gasteiger partial charge >= 0.3 is 5.97 Å². The first kappa shape index (κ1) is 15.6. The van der Waals surface area contributed by atoms with Crippen LogP contribution < -0.4 is 4.74 Å². The van der Waals surface area contributed by atoms with Gasteiger partial charge in [-0.15, -0.1) is 0 Å². The molecule has 1 atom stereocenters. The lowest BCUT2D eigenvalue weighted by Gasteiger charge is -2.24. The van der Waals surface area contributed by atoms with Gasteiger partial charge in [0.1, 0.15) is 12.4 Å². The molecule has 0 saturated heterocycles. The molecule has 1 N–H and O–H groups in total. The molecule has 1 saturated carbocycles. The van der Waals surface area contributed by atoms with Crippen LogP contribution in [0.3, 0.4) is 0 Å². The second-order valence-electron chi connectivity index (χ2n) is 5.65. The van der Waals surface area contributed by atoms with Crippen molar-refractivity contribution in [2.75, 3.05) is 20.2 Å². The fourth-order valence-corrected chi connectivity index (χ4v) is 2.29. The van der Waals surface area contributed by atoms with E-state index >= 15 is 0 Å². The van der Waals surface area contributed by atoms with E-state index in [4.69, 9.17) is 9.84 Å². The topological polar surface area (TPSA) is 49.8 Å². The molecule has 0 aliphatic heterocycles. The molecule has 0 radical (unpaired) electrons. The van der Waals surface area contributed by atoms with Crippen molar-refractivity contribution in [3.05, 3.63) is 35.9 Å². The highest BCUT2D eigenvalue weighted by molar-refractivity contribution is 5.85. The van der Waals surface area contributed by atoms with Gasteiger partial charge in [-0.1, -0.05) is 12.1 Å². The van der Waals surface area contributed by atoms with Gasteiger partial charge in [-0.2, -0.15) is 0 Å². The molecule has 0 spiro atoms. The first-order valence-electron chi connectivity index (χ1n) is 7.40. The summed E-state index contributed by atoms with van der Waals surface area (Å²) in [6.07, 6.45) is 5.41. The van der Waals surface area contributed by atoms with Crippen molar-refractivity contribution in [3.63, 3.8) is 0 Å². The average molecular weight is 289 g/mol. The number of ether oxygens (including phenoxy) is 1. The van der Waals surface area contributed by atoms with Crippen molar-refractivity contribution in [3.8, 4) is 5.75 Å². The van der Waals surface area contributed by atoms with Crippen LogP contribution in [0.15, 0.2) is 30.3 Å². The first-order chi connectivity index (χ1) is 10.1. The van der Waals surface area contributed by atoms with Crippen molar-refractivity contribution in [2.45, 2.75) is 25.8 Å². The fraction of sp³-hybridized carbons (Fsp3) is 0.471. The summed E-state index contributed by atoms with van der Waals surface area (Å²) in [7, 11) is 2.14. The van der Waals surface area contributed by atoms with Crippen molar-refractivity contribution in [1.29, 1.82) is 0 Å². The number of hydrogen-bond donors (Lipinski definition) is 1. The Morgan fingerprint density at radius 1 is 1.43 bits per heavy atom. The van der Waals surface area contributed by atoms with E-state index in [0.717, 1.165) is 29.9 Å². The maximum atomic E-state index is 10.4. The second-order valence-corrected chi connectivity index (χ2v) is 5.65. The number of carboxylic acid groups (broad SMARTS) is 1. The van der Waals surface area contributed by atoms with Gasteiger partial charge in [0, 0.05) is 18.7 Å². The van der Waals surface area contributed by atoms with Gasteiger partial charge in [0.15, 0.2) is 0 Å². The van der Waals surface area contributed by atoms with Crippen LogP contribution in [0.1, 0.15) is 25.3 Å². The van der Waals surface area contributed by atoms with Crippen LogP contribution in [-0.2, 0) is 4.79 Å². The number of likely N-dealkylation sites (N-methyl/N-ethyl adjacent to an activating group) is 1.